The van der Waals surface area contributed by atoms with Crippen molar-refractivity contribution in [2.75, 3.05) is 32.7 Å². The minimum Gasteiger partial charge on any atom is -0.497 e. The molecule has 2 heterocycles. The number of fused-ring (bicyclic) bond motifs is 1. The van der Waals surface area contributed by atoms with Gasteiger partial charge in [0.25, 0.3) is 0 Å². The van der Waals surface area contributed by atoms with E-state index in [0.29, 0.717) is 6.42 Å². The molecular weight excluding hydrogens is 472 g/mol. The zero-order valence-electron chi connectivity index (χ0n) is 22.0. The standard InChI is InChI=1S/C28H40N2O5Si/c1-18-26(34-3)22-17-19(30-28(32)23-7-6-15-29-23)8-13-24(22)35-27(18)25(14-16-31)36(4,5)21-11-9-20(33-2)10-12-21/h8-13,17-18,23,25-27,29,31H,6-7,14-16H2,1-5H3,(H,30,32)/t18-,23+,25?,26-,27-/m0/s1. The Kier molecular flexibility index (Phi) is 8.40. The maximum absolute atomic E-state index is 12.6. The lowest BCUT2D eigenvalue weighted by Gasteiger charge is -2.45. The number of hydrogen-bond acceptors (Lipinski definition) is 6. The summed E-state index contributed by atoms with van der Waals surface area (Å²) in [6.07, 6.45) is 2.25. The van der Waals surface area contributed by atoms with Gasteiger partial charge in [-0.15, -0.1) is 0 Å². The highest BCUT2D eigenvalue weighted by atomic mass is 28.3. The molecule has 0 radical (unpaired) electrons. The van der Waals surface area contributed by atoms with Gasteiger partial charge in [0.1, 0.15) is 17.6 Å². The Morgan fingerprint density at radius 3 is 2.58 bits per heavy atom. The first kappa shape index (κ1) is 26.7. The number of benzene rings is 2. The van der Waals surface area contributed by atoms with Crippen molar-refractivity contribution in [2.24, 2.45) is 5.92 Å². The highest BCUT2D eigenvalue weighted by Crippen LogP contribution is 2.47. The molecule has 2 aromatic carbocycles. The van der Waals surface area contributed by atoms with Crippen LogP contribution in [-0.2, 0) is 9.53 Å². The Bertz CT molecular complexity index is 1040. The molecular formula is C28H40N2O5Si. The number of rotatable bonds is 9. The van der Waals surface area contributed by atoms with E-state index in [0.717, 1.165) is 42.1 Å². The van der Waals surface area contributed by atoms with Crippen molar-refractivity contribution < 1.29 is 24.1 Å². The molecule has 0 aromatic heterocycles. The predicted octanol–water partition coefficient (Wildman–Crippen LogP) is 3.84. The smallest absolute Gasteiger partial charge is 0.241 e. The van der Waals surface area contributed by atoms with E-state index in [-0.39, 0.29) is 42.2 Å². The molecule has 0 spiro atoms. The number of amides is 1. The molecule has 2 aromatic rings. The molecule has 0 bridgehead atoms. The van der Waals surface area contributed by atoms with E-state index in [2.05, 4.69) is 42.8 Å². The Morgan fingerprint density at radius 1 is 1.22 bits per heavy atom. The topological polar surface area (TPSA) is 89.0 Å². The second kappa shape index (κ2) is 11.3. The fraction of sp³-hybridized carbons (Fsp3) is 0.536. The van der Waals surface area contributed by atoms with Crippen LogP contribution in [0.1, 0.15) is 37.9 Å². The molecule has 1 saturated heterocycles. The van der Waals surface area contributed by atoms with Gasteiger partial charge in [-0.05, 0) is 61.7 Å². The Labute approximate surface area is 215 Å². The fourth-order valence-corrected chi connectivity index (χ4v) is 9.40. The maximum atomic E-state index is 12.6. The van der Waals surface area contributed by atoms with Crippen molar-refractivity contribution in [1.82, 2.24) is 5.32 Å². The van der Waals surface area contributed by atoms with Crippen LogP contribution in [0.4, 0.5) is 5.69 Å². The summed E-state index contributed by atoms with van der Waals surface area (Å²) in [4.78, 5) is 12.6. The zero-order chi connectivity index (χ0) is 25.9. The third-order valence-electron chi connectivity index (χ3n) is 8.07. The predicted molar refractivity (Wildman–Crippen MR) is 145 cm³/mol. The first-order valence-electron chi connectivity index (χ1n) is 12.9. The molecule has 4 rings (SSSR count). The summed E-state index contributed by atoms with van der Waals surface area (Å²) >= 11 is 0. The van der Waals surface area contributed by atoms with Gasteiger partial charge in [-0.25, -0.2) is 0 Å². The number of aliphatic hydroxyl groups excluding tert-OH is 1. The van der Waals surface area contributed by atoms with Gasteiger partial charge in [0.15, 0.2) is 0 Å². The maximum Gasteiger partial charge on any atom is 0.241 e. The van der Waals surface area contributed by atoms with Crippen molar-refractivity contribution >= 4 is 24.9 Å². The van der Waals surface area contributed by atoms with Gasteiger partial charge in [-0.3, -0.25) is 4.79 Å². The highest BCUT2D eigenvalue weighted by molar-refractivity contribution is 6.91. The molecule has 1 unspecified atom stereocenters. The van der Waals surface area contributed by atoms with Crippen LogP contribution in [0.25, 0.3) is 0 Å². The largest absolute Gasteiger partial charge is 0.497 e. The lowest BCUT2D eigenvalue weighted by atomic mass is 9.86. The number of hydrogen-bond donors (Lipinski definition) is 3. The van der Waals surface area contributed by atoms with E-state index in [1.807, 2.05) is 30.3 Å². The average Bonchev–Trinajstić information content (AvgIpc) is 3.42. The number of carbonyl (C=O) groups is 1. The Hall–Kier alpha value is -2.39. The molecule has 36 heavy (non-hydrogen) atoms. The van der Waals surface area contributed by atoms with Crippen LogP contribution in [-0.4, -0.2) is 58.6 Å². The molecule has 2 aliphatic heterocycles. The van der Waals surface area contributed by atoms with Gasteiger partial charge in [-0.2, -0.15) is 0 Å². The lowest BCUT2D eigenvalue weighted by Crippen LogP contribution is -2.54. The third kappa shape index (κ3) is 5.32. The van der Waals surface area contributed by atoms with E-state index in [9.17, 15) is 9.90 Å². The lowest BCUT2D eigenvalue weighted by molar-refractivity contribution is -0.117. The van der Waals surface area contributed by atoms with E-state index in [1.54, 1.807) is 14.2 Å². The Balaban J connectivity index is 1.61. The molecule has 8 heteroatoms. The van der Waals surface area contributed by atoms with Crippen LogP contribution < -0.4 is 25.3 Å². The summed E-state index contributed by atoms with van der Waals surface area (Å²) in [7, 11) is 1.34. The Morgan fingerprint density at radius 2 is 1.97 bits per heavy atom. The van der Waals surface area contributed by atoms with Crippen LogP contribution in [0.2, 0.25) is 18.6 Å². The SMILES string of the molecule is COc1ccc([Si](C)(C)C(CCO)[C@H]2Oc3ccc(NC(=O)[C@H]4CCCN4)cc3[C@@H](OC)[C@@H]2C)cc1. The van der Waals surface area contributed by atoms with Gasteiger partial charge in [0.05, 0.1) is 27.3 Å². The second-order valence-corrected chi connectivity index (χ2v) is 15.3. The monoisotopic (exact) mass is 512 g/mol. The third-order valence-corrected chi connectivity index (χ3v) is 12.4. The van der Waals surface area contributed by atoms with Gasteiger partial charge in [-0.1, -0.05) is 37.3 Å². The number of anilines is 1. The zero-order valence-corrected chi connectivity index (χ0v) is 23.0. The minimum atomic E-state index is -2.07. The number of methoxy groups -OCH3 is 2. The van der Waals surface area contributed by atoms with Crippen molar-refractivity contribution in [1.29, 1.82) is 0 Å². The fourth-order valence-electron chi connectivity index (χ4n) is 5.90. The van der Waals surface area contributed by atoms with Crippen LogP contribution in [0.15, 0.2) is 42.5 Å². The number of aliphatic hydroxyl groups is 1. The van der Waals surface area contributed by atoms with Gasteiger partial charge in [0, 0.05) is 30.9 Å². The number of carbonyl (C=O) groups excluding carboxylic acids is 1. The van der Waals surface area contributed by atoms with Crippen LogP contribution in [0.5, 0.6) is 11.5 Å². The number of ether oxygens (including phenoxy) is 3. The van der Waals surface area contributed by atoms with Crippen LogP contribution >= 0.6 is 0 Å². The quantitative estimate of drug-likeness (QED) is 0.443. The summed E-state index contributed by atoms with van der Waals surface area (Å²) in [5.41, 5.74) is 1.87. The normalized spacial score (nSPS) is 24.5. The molecule has 1 amide bonds. The van der Waals surface area contributed by atoms with Crippen molar-refractivity contribution in [3.05, 3.63) is 48.0 Å². The summed E-state index contributed by atoms with van der Waals surface area (Å²) in [5.74, 6) is 1.68. The molecule has 196 valence electrons. The minimum absolute atomic E-state index is 0.000629. The first-order chi connectivity index (χ1) is 17.3. The second-order valence-electron chi connectivity index (χ2n) is 10.6. The summed E-state index contributed by atoms with van der Waals surface area (Å²) in [6, 6.07) is 14.0. The molecule has 0 aliphatic carbocycles. The molecule has 3 N–H and O–H groups in total. The molecule has 0 saturated carbocycles. The molecule has 5 atom stereocenters. The van der Waals surface area contributed by atoms with Crippen LogP contribution in [0.3, 0.4) is 0 Å². The first-order valence-corrected chi connectivity index (χ1v) is 16.0. The summed E-state index contributed by atoms with van der Waals surface area (Å²) in [5, 5.41) is 17.6. The highest BCUT2D eigenvalue weighted by Gasteiger charge is 2.47. The van der Waals surface area contributed by atoms with E-state index >= 15 is 0 Å². The van der Waals surface area contributed by atoms with Crippen LogP contribution in [0, 0.1) is 5.92 Å². The summed E-state index contributed by atoms with van der Waals surface area (Å²) < 4.78 is 18.1. The van der Waals surface area contributed by atoms with Crippen molar-refractivity contribution in [2.45, 2.75) is 63.1 Å². The van der Waals surface area contributed by atoms with Crippen molar-refractivity contribution in [3.63, 3.8) is 0 Å². The van der Waals surface area contributed by atoms with E-state index in [1.165, 1.54) is 5.19 Å². The van der Waals surface area contributed by atoms with Crippen molar-refractivity contribution in [3.8, 4) is 11.5 Å². The molecule has 2 aliphatic rings. The van der Waals surface area contributed by atoms with E-state index in [4.69, 9.17) is 14.2 Å². The molecule has 1 fully saturated rings. The number of nitrogens with one attached hydrogen (secondary N) is 2. The average molecular weight is 513 g/mol. The van der Waals surface area contributed by atoms with E-state index < -0.39 is 8.07 Å². The summed E-state index contributed by atoms with van der Waals surface area (Å²) in [6.45, 7) is 7.84. The van der Waals surface area contributed by atoms with Gasteiger partial charge < -0.3 is 30.0 Å². The van der Waals surface area contributed by atoms with Gasteiger partial charge >= 0.3 is 0 Å². The van der Waals surface area contributed by atoms with Gasteiger partial charge in [0.2, 0.25) is 5.91 Å². The molecule has 7 nitrogen and oxygen atoms in total.